The minimum atomic E-state index is -0.184. The van der Waals surface area contributed by atoms with Gasteiger partial charge in [0.25, 0.3) is 0 Å². The first-order valence-corrected chi connectivity index (χ1v) is 8.61. The minimum absolute atomic E-state index is 0.0142. The maximum atomic E-state index is 13.8. The van der Waals surface area contributed by atoms with Crippen LogP contribution in [0.1, 0.15) is 43.7 Å². The lowest BCUT2D eigenvalue weighted by Crippen LogP contribution is -2.40. The van der Waals surface area contributed by atoms with Crippen LogP contribution in [0.2, 0.25) is 0 Å². The highest BCUT2D eigenvalue weighted by Gasteiger charge is 2.29. The Kier molecular flexibility index (Phi) is 4.50. The van der Waals surface area contributed by atoms with Gasteiger partial charge < -0.3 is 11.1 Å². The standard InChI is InChI=1S/C16H21FN2OS/c17-13-6-2-5-12-14(7-8-21-15(12)13)19-16(20)10-3-1-4-11(18)9-10/h2,5-6,10-11,14H,1,3-4,7-9,18H2,(H,19,20). The van der Waals surface area contributed by atoms with E-state index in [1.165, 1.54) is 17.8 Å². The van der Waals surface area contributed by atoms with Crippen LogP contribution in [0.5, 0.6) is 0 Å². The molecular weight excluding hydrogens is 287 g/mol. The lowest BCUT2D eigenvalue weighted by Gasteiger charge is -2.30. The Labute approximate surface area is 128 Å². The number of nitrogens with two attached hydrogens (primary N) is 1. The molecule has 3 unspecified atom stereocenters. The molecule has 5 heteroatoms. The molecule has 1 amide bonds. The number of hydrogen-bond acceptors (Lipinski definition) is 3. The molecule has 0 saturated heterocycles. The van der Waals surface area contributed by atoms with Gasteiger partial charge in [-0.25, -0.2) is 4.39 Å². The topological polar surface area (TPSA) is 55.1 Å². The molecule has 0 bridgehead atoms. The summed E-state index contributed by atoms with van der Waals surface area (Å²) in [5, 5.41) is 3.12. The van der Waals surface area contributed by atoms with Gasteiger partial charge in [0.1, 0.15) is 5.82 Å². The van der Waals surface area contributed by atoms with Crippen LogP contribution in [0.15, 0.2) is 23.1 Å². The second-order valence-electron chi connectivity index (χ2n) is 5.98. The van der Waals surface area contributed by atoms with Crippen molar-refractivity contribution in [2.45, 2.75) is 49.1 Å². The predicted molar refractivity (Wildman–Crippen MR) is 82.6 cm³/mol. The van der Waals surface area contributed by atoms with Crippen molar-refractivity contribution < 1.29 is 9.18 Å². The van der Waals surface area contributed by atoms with Gasteiger partial charge in [-0.05, 0) is 37.3 Å². The molecular formula is C16H21FN2OS. The van der Waals surface area contributed by atoms with E-state index in [0.717, 1.165) is 43.4 Å². The monoisotopic (exact) mass is 308 g/mol. The quantitative estimate of drug-likeness (QED) is 0.883. The lowest BCUT2D eigenvalue weighted by molar-refractivity contribution is -0.126. The number of carbonyl (C=O) groups excluding carboxylic acids is 1. The van der Waals surface area contributed by atoms with Gasteiger partial charge in [0.05, 0.1) is 6.04 Å². The average molecular weight is 308 g/mol. The number of amides is 1. The van der Waals surface area contributed by atoms with E-state index in [1.54, 1.807) is 6.07 Å². The number of benzene rings is 1. The van der Waals surface area contributed by atoms with Crippen LogP contribution < -0.4 is 11.1 Å². The number of fused-ring (bicyclic) bond motifs is 1. The van der Waals surface area contributed by atoms with Crippen molar-refractivity contribution in [1.29, 1.82) is 0 Å². The van der Waals surface area contributed by atoms with Gasteiger partial charge in [-0.3, -0.25) is 4.79 Å². The van der Waals surface area contributed by atoms with Crippen molar-refractivity contribution in [3.05, 3.63) is 29.6 Å². The highest BCUT2D eigenvalue weighted by molar-refractivity contribution is 7.99. The van der Waals surface area contributed by atoms with Gasteiger partial charge in [-0.15, -0.1) is 11.8 Å². The van der Waals surface area contributed by atoms with Crippen LogP contribution in [-0.4, -0.2) is 17.7 Å². The van der Waals surface area contributed by atoms with Gasteiger partial charge in [0, 0.05) is 22.6 Å². The summed E-state index contributed by atoms with van der Waals surface area (Å²) in [6, 6.07) is 5.19. The normalized spacial score (nSPS) is 28.8. The fourth-order valence-electron chi connectivity index (χ4n) is 3.29. The van der Waals surface area contributed by atoms with Crippen molar-refractivity contribution in [1.82, 2.24) is 5.32 Å². The lowest BCUT2D eigenvalue weighted by atomic mass is 9.85. The molecule has 0 aromatic heterocycles. The van der Waals surface area contributed by atoms with Gasteiger partial charge in [-0.2, -0.15) is 0 Å². The Hall–Kier alpha value is -1.07. The maximum absolute atomic E-state index is 13.8. The summed E-state index contributed by atoms with van der Waals surface area (Å²) in [6.07, 6.45) is 4.56. The predicted octanol–water partition coefficient (Wildman–Crippen LogP) is 3.00. The largest absolute Gasteiger partial charge is 0.349 e. The SMILES string of the molecule is NC1CCCC(C(=O)NC2CCSc3c(F)cccc32)C1. The van der Waals surface area contributed by atoms with Crippen LogP contribution >= 0.6 is 11.8 Å². The van der Waals surface area contributed by atoms with Crippen LogP contribution in [-0.2, 0) is 4.79 Å². The van der Waals surface area contributed by atoms with E-state index in [1.807, 2.05) is 6.07 Å². The fourth-order valence-corrected chi connectivity index (χ4v) is 4.43. The highest BCUT2D eigenvalue weighted by atomic mass is 32.2. The summed E-state index contributed by atoms with van der Waals surface area (Å²) in [6.45, 7) is 0. The molecule has 1 aliphatic carbocycles. The number of nitrogens with one attached hydrogen (secondary N) is 1. The Morgan fingerprint density at radius 3 is 3.00 bits per heavy atom. The Balaban J connectivity index is 1.71. The van der Waals surface area contributed by atoms with Crippen molar-refractivity contribution in [3.63, 3.8) is 0 Å². The first-order chi connectivity index (χ1) is 10.1. The zero-order valence-corrected chi connectivity index (χ0v) is 12.8. The molecule has 21 heavy (non-hydrogen) atoms. The molecule has 114 valence electrons. The summed E-state index contributed by atoms with van der Waals surface area (Å²) in [5.74, 6) is 0.747. The van der Waals surface area contributed by atoms with E-state index in [2.05, 4.69) is 5.32 Å². The first kappa shape index (κ1) is 14.9. The van der Waals surface area contributed by atoms with E-state index in [9.17, 15) is 9.18 Å². The molecule has 1 aliphatic heterocycles. The highest BCUT2D eigenvalue weighted by Crippen LogP contribution is 2.38. The molecule has 1 fully saturated rings. The average Bonchev–Trinajstić information content (AvgIpc) is 2.48. The molecule has 3 nitrogen and oxygen atoms in total. The van der Waals surface area contributed by atoms with Crippen molar-refractivity contribution in [3.8, 4) is 0 Å². The van der Waals surface area contributed by atoms with E-state index in [4.69, 9.17) is 5.73 Å². The van der Waals surface area contributed by atoms with Crippen LogP contribution in [0.4, 0.5) is 4.39 Å². The molecule has 3 N–H and O–H groups in total. The van der Waals surface area contributed by atoms with Crippen molar-refractivity contribution in [2.75, 3.05) is 5.75 Å². The van der Waals surface area contributed by atoms with Gasteiger partial charge >= 0.3 is 0 Å². The molecule has 0 spiro atoms. The third-order valence-corrected chi connectivity index (χ3v) is 5.59. The molecule has 3 atom stereocenters. The number of hydrogen-bond donors (Lipinski definition) is 2. The summed E-state index contributed by atoms with van der Waals surface area (Å²) in [7, 11) is 0. The molecule has 1 saturated carbocycles. The number of rotatable bonds is 2. The summed E-state index contributed by atoms with van der Waals surface area (Å²) in [5.41, 5.74) is 6.88. The van der Waals surface area contributed by atoms with E-state index in [-0.39, 0.29) is 29.7 Å². The second-order valence-corrected chi connectivity index (χ2v) is 7.09. The smallest absolute Gasteiger partial charge is 0.223 e. The number of carbonyl (C=O) groups is 1. The summed E-state index contributed by atoms with van der Waals surface area (Å²) in [4.78, 5) is 13.1. The third-order valence-electron chi connectivity index (χ3n) is 4.43. The van der Waals surface area contributed by atoms with Gasteiger partial charge in [0.15, 0.2) is 0 Å². The van der Waals surface area contributed by atoms with Crippen LogP contribution in [0.3, 0.4) is 0 Å². The molecule has 3 rings (SSSR count). The summed E-state index contributed by atoms with van der Waals surface area (Å²) < 4.78 is 13.8. The van der Waals surface area contributed by atoms with Crippen molar-refractivity contribution in [2.24, 2.45) is 11.7 Å². The number of thioether (sulfide) groups is 1. The molecule has 1 aromatic rings. The first-order valence-electron chi connectivity index (χ1n) is 7.62. The van der Waals surface area contributed by atoms with E-state index >= 15 is 0 Å². The minimum Gasteiger partial charge on any atom is -0.349 e. The molecule has 2 aliphatic rings. The maximum Gasteiger partial charge on any atom is 0.223 e. The molecule has 1 heterocycles. The molecule has 0 radical (unpaired) electrons. The zero-order chi connectivity index (χ0) is 14.8. The second kappa shape index (κ2) is 6.36. The van der Waals surface area contributed by atoms with Crippen LogP contribution in [0.25, 0.3) is 0 Å². The Morgan fingerprint density at radius 1 is 1.33 bits per heavy atom. The Morgan fingerprint density at radius 2 is 2.19 bits per heavy atom. The van der Waals surface area contributed by atoms with Gasteiger partial charge in [0.2, 0.25) is 5.91 Å². The zero-order valence-electron chi connectivity index (χ0n) is 12.0. The van der Waals surface area contributed by atoms with E-state index < -0.39 is 0 Å². The van der Waals surface area contributed by atoms with Crippen molar-refractivity contribution >= 4 is 17.7 Å². The van der Waals surface area contributed by atoms with Gasteiger partial charge in [-0.1, -0.05) is 18.6 Å². The van der Waals surface area contributed by atoms with E-state index in [0.29, 0.717) is 4.90 Å². The summed E-state index contributed by atoms with van der Waals surface area (Å²) >= 11 is 1.54. The third kappa shape index (κ3) is 3.24. The number of halogens is 1. The Bertz CT molecular complexity index is 537. The molecule has 1 aromatic carbocycles. The fraction of sp³-hybridized carbons (Fsp3) is 0.562. The van der Waals surface area contributed by atoms with Crippen LogP contribution in [0, 0.1) is 11.7 Å².